The standard InChI is InChI=1S/C16H22N6OS/c1-9-5-6-11-13(8-9)24-16(19-11)20-15(23)18-12-4-3-7-22-14(12)17-10(2)21-22/h9,12H,3-8H2,1-2H3,(H2,18,19,20,23)/t9-,12-/m0/s1. The zero-order valence-corrected chi connectivity index (χ0v) is 14.8. The second kappa shape index (κ2) is 6.16. The Labute approximate surface area is 144 Å². The predicted molar refractivity (Wildman–Crippen MR) is 92.2 cm³/mol. The average molecular weight is 346 g/mol. The quantitative estimate of drug-likeness (QED) is 0.876. The maximum Gasteiger partial charge on any atom is 0.321 e. The molecule has 2 N–H and O–H groups in total. The molecule has 3 heterocycles. The molecular formula is C16H22N6OS. The number of fused-ring (bicyclic) bond motifs is 2. The maximum absolute atomic E-state index is 12.4. The van der Waals surface area contributed by atoms with Crippen LogP contribution in [0.4, 0.5) is 9.93 Å². The summed E-state index contributed by atoms with van der Waals surface area (Å²) in [6.07, 6.45) is 5.14. The smallest absolute Gasteiger partial charge is 0.321 e. The van der Waals surface area contributed by atoms with Gasteiger partial charge in [0.1, 0.15) is 11.6 Å². The van der Waals surface area contributed by atoms with Gasteiger partial charge >= 0.3 is 6.03 Å². The Morgan fingerprint density at radius 3 is 3.08 bits per heavy atom. The topological polar surface area (TPSA) is 84.7 Å². The number of carbonyl (C=O) groups is 1. The van der Waals surface area contributed by atoms with Crippen molar-refractivity contribution in [3.63, 3.8) is 0 Å². The number of carbonyl (C=O) groups excluding carboxylic acids is 1. The van der Waals surface area contributed by atoms with Crippen LogP contribution < -0.4 is 10.6 Å². The summed E-state index contributed by atoms with van der Waals surface area (Å²) in [5.41, 5.74) is 1.15. The minimum absolute atomic E-state index is 0.0884. The van der Waals surface area contributed by atoms with Crippen molar-refractivity contribution in [2.75, 3.05) is 5.32 Å². The molecule has 1 aliphatic carbocycles. The number of nitrogens with zero attached hydrogens (tertiary/aromatic N) is 4. The van der Waals surface area contributed by atoms with E-state index in [1.165, 1.54) is 11.3 Å². The summed E-state index contributed by atoms with van der Waals surface area (Å²) < 4.78 is 1.90. The van der Waals surface area contributed by atoms with Crippen molar-refractivity contribution in [1.82, 2.24) is 25.1 Å². The molecule has 0 saturated carbocycles. The molecule has 8 heteroatoms. The van der Waals surface area contributed by atoms with E-state index >= 15 is 0 Å². The van der Waals surface area contributed by atoms with E-state index in [1.54, 1.807) is 11.3 Å². The lowest BCUT2D eigenvalue weighted by molar-refractivity contribution is 0.244. The number of aromatic nitrogens is 4. The zero-order valence-electron chi connectivity index (χ0n) is 14.0. The molecule has 7 nitrogen and oxygen atoms in total. The largest absolute Gasteiger partial charge is 0.328 e. The van der Waals surface area contributed by atoms with Gasteiger partial charge < -0.3 is 5.32 Å². The molecule has 2 amide bonds. The second-order valence-electron chi connectivity index (χ2n) is 6.77. The highest BCUT2D eigenvalue weighted by Crippen LogP contribution is 2.32. The molecule has 0 radical (unpaired) electrons. The molecule has 4 rings (SSSR count). The first kappa shape index (κ1) is 15.6. The Morgan fingerprint density at radius 1 is 1.33 bits per heavy atom. The van der Waals surface area contributed by atoms with E-state index in [-0.39, 0.29) is 12.1 Å². The highest BCUT2D eigenvalue weighted by molar-refractivity contribution is 7.15. The minimum Gasteiger partial charge on any atom is -0.328 e. The molecule has 1 aliphatic heterocycles. The van der Waals surface area contributed by atoms with Gasteiger partial charge in [0.2, 0.25) is 0 Å². The van der Waals surface area contributed by atoms with Crippen LogP contribution in [0.2, 0.25) is 0 Å². The van der Waals surface area contributed by atoms with Gasteiger partial charge in [0.05, 0.1) is 11.7 Å². The van der Waals surface area contributed by atoms with Gasteiger partial charge in [-0.1, -0.05) is 6.92 Å². The summed E-state index contributed by atoms with van der Waals surface area (Å²) in [6.45, 7) is 5.01. The van der Waals surface area contributed by atoms with Crippen molar-refractivity contribution < 1.29 is 4.79 Å². The lowest BCUT2D eigenvalue weighted by Crippen LogP contribution is -2.36. The fraction of sp³-hybridized carbons (Fsp3) is 0.625. The zero-order chi connectivity index (χ0) is 16.7. The van der Waals surface area contributed by atoms with E-state index in [0.717, 1.165) is 49.6 Å². The van der Waals surface area contributed by atoms with Crippen LogP contribution in [0.3, 0.4) is 0 Å². The molecule has 2 atom stereocenters. The first-order valence-electron chi connectivity index (χ1n) is 8.56. The Morgan fingerprint density at radius 2 is 2.21 bits per heavy atom. The number of rotatable bonds is 2. The number of hydrogen-bond acceptors (Lipinski definition) is 5. The molecule has 128 valence electrons. The second-order valence-corrected chi connectivity index (χ2v) is 7.85. The Hall–Kier alpha value is -1.96. The van der Waals surface area contributed by atoms with Crippen molar-refractivity contribution >= 4 is 22.5 Å². The SMILES string of the molecule is Cc1nc2n(n1)CCC[C@@H]2NC(=O)Nc1nc2c(s1)C[C@@H](C)CC2. The van der Waals surface area contributed by atoms with Gasteiger partial charge in [-0.05, 0) is 44.9 Å². The van der Waals surface area contributed by atoms with Crippen molar-refractivity contribution in [3.8, 4) is 0 Å². The van der Waals surface area contributed by atoms with E-state index in [9.17, 15) is 4.79 Å². The van der Waals surface area contributed by atoms with Gasteiger partial charge in [-0.3, -0.25) is 5.32 Å². The van der Waals surface area contributed by atoms with E-state index in [1.807, 2.05) is 11.6 Å². The van der Waals surface area contributed by atoms with Gasteiger partial charge in [0.15, 0.2) is 5.13 Å². The molecule has 2 aromatic rings. The first-order chi connectivity index (χ1) is 11.6. The van der Waals surface area contributed by atoms with Crippen LogP contribution in [0.1, 0.15) is 54.4 Å². The molecule has 24 heavy (non-hydrogen) atoms. The van der Waals surface area contributed by atoms with E-state index in [4.69, 9.17) is 0 Å². The van der Waals surface area contributed by atoms with Crippen molar-refractivity contribution in [2.45, 2.75) is 58.5 Å². The molecule has 0 aromatic carbocycles. The average Bonchev–Trinajstić information content (AvgIpc) is 3.09. The Kier molecular flexibility index (Phi) is 3.99. The fourth-order valence-corrected chi connectivity index (χ4v) is 4.66. The van der Waals surface area contributed by atoms with Crippen LogP contribution in [0, 0.1) is 12.8 Å². The van der Waals surface area contributed by atoms with Gasteiger partial charge in [0, 0.05) is 11.4 Å². The van der Waals surface area contributed by atoms with Crippen molar-refractivity contribution in [2.24, 2.45) is 5.92 Å². The number of amides is 2. The van der Waals surface area contributed by atoms with E-state index < -0.39 is 0 Å². The first-order valence-corrected chi connectivity index (χ1v) is 9.37. The third-order valence-electron chi connectivity index (χ3n) is 4.69. The molecule has 0 bridgehead atoms. The van der Waals surface area contributed by atoms with Crippen molar-refractivity contribution in [3.05, 3.63) is 22.2 Å². The van der Waals surface area contributed by atoms with Gasteiger partial charge in [-0.2, -0.15) is 5.10 Å². The van der Waals surface area contributed by atoms with Crippen LogP contribution in [0.25, 0.3) is 0 Å². The summed E-state index contributed by atoms with van der Waals surface area (Å²) in [5, 5.41) is 11.0. The molecular weight excluding hydrogens is 324 g/mol. The molecule has 0 unspecified atom stereocenters. The number of anilines is 1. The van der Waals surface area contributed by atoms with Gasteiger partial charge in [-0.15, -0.1) is 11.3 Å². The summed E-state index contributed by atoms with van der Waals surface area (Å²) >= 11 is 1.60. The van der Waals surface area contributed by atoms with Crippen LogP contribution in [0.15, 0.2) is 0 Å². The van der Waals surface area contributed by atoms with Crippen LogP contribution in [-0.4, -0.2) is 25.8 Å². The third-order valence-corrected chi connectivity index (χ3v) is 5.73. The molecule has 0 saturated heterocycles. The van der Waals surface area contributed by atoms with Crippen LogP contribution >= 0.6 is 11.3 Å². The minimum atomic E-state index is -0.215. The monoisotopic (exact) mass is 346 g/mol. The van der Waals surface area contributed by atoms with Gasteiger partial charge in [-0.25, -0.2) is 19.4 Å². The number of nitrogens with one attached hydrogen (secondary N) is 2. The molecule has 0 spiro atoms. The number of thiazole rings is 1. The lowest BCUT2D eigenvalue weighted by Gasteiger charge is -2.22. The van der Waals surface area contributed by atoms with Crippen LogP contribution in [-0.2, 0) is 19.4 Å². The highest BCUT2D eigenvalue weighted by Gasteiger charge is 2.26. The summed E-state index contributed by atoms with van der Waals surface area (Å²) in [4.78, 5) is 22.7. The lowest BCUT2D eigenvalue weighted by atomic mass is 9.93. The Bertz CT molecular complexity index is 767. The van der Waals surface area contributed by atoms with Gasteiger partial charge in [0.25, 0.3) is 0 Å². The normalized spacial score (nSPS) is 22.6. The third kappa shape index (κ3) is 3.02. The number of hydrogen-bond donors (Lipinski definition) is 2. The number of aryl methyl sites for hydroxylation is 3. The summed E-state index contributed by atoms with van der Waals surface area (Å²) in [6, 6.07) is -0.303. The fourth-order valence-electron chi connectivity index (χ4n) is 3.49. The molecule has 2 aromatic heterocycles. The van der Waals surface area contributed by atoms with E-state index in [0.29, 0.717) is 11.0 Å². The summed E-state index contributed by atoms with van der Waals surface area (Å²) in [7, 11) is 0. The molecule has 2 aliphatic rings. The van der Waals surface area contributed by atoms with E-state index in [2.05, 4.69) is 32.6 Å². The van der Waals surface area contributed by atoms with Crippen molar-refractivity contribution in [1.29, 1.82) is 0 Å². The Balaban J connectivity index is 1.43. The molecule has 0 fully saturated rings. The number of urea groups is 1. The van der Waals surface area contributed by atoms with Crippen LogP contribution in [0.5, 0.6) is 0 Å². The summed E-state index contributed by atoms with van der Waals surface area (Å²) in [5.74, 6) is 2.30. The highest BCUT2D eigenvalue weighted by atomic mass is 32.1. The maximum atomic E-state index is 12.4. The predicted octanol–water partition coefficient (Wildman–Crippen LogP) is 2.82.